The van der Waals surface area contributed by atoms with Crippen molar-refractivity contribution in [3.8, 4) is 0 Å². The fraction of sp³-hybridized carbons (Fsp3) is 0.211. The quantitative estimate of drug-likeness (QED) is 0.655. The molecule has 0 unspecified atom stereocenters. The normalized spacial score (nSPS) is 16.6. The lowest BCUT2D eigenvalue weighted by Gasteiger charge is -2.11. The number of ether oxygens (including phenoxy) is 1. The second-order valence-corrected chi connectivity index (χ2v) is 7.95. The Kier molecular flexibility index (Phi) is 5.95. The van der Waals surface area contributed by atoms with Gasteiger partial charge in [-0.05, 0) is 43.3 Å². The van der Waals surface area contributed by atoms with Crippen molar-refractivity contribution in [2.75, 3.05) is 24.4 Å². The van der Waals surface area contributed by atoms with E-state index in [0.717, 1.165) is 0 Å². The number of carbonyl (C=O) groups excluding carboxylic acids is 2. The van der Waals surface area contributed by atoms with E-state index in [1.165, 1.54) is 13.2 Å². The highest BCUT2D eigenvalue weighted by molar-refractivity contribution is 7.90. The molecule has 2 amide bonds. The van der Waals surface area contributed by atoms with Crippen molar-refractivity contribution < 1.29 is 22.7 Å². The SMILES string of the molecule is COCC(=O)Nc1ccc(NC(=O)[C@H](C)N=C2NS(=O)(=O)c3ccccc32)cc1. The highest BCUT2D eigenvalue weighted by Gasteiger charge is 2.31. The third kappa shape index (κ3) is 4.79. The molecule has 2 aromatic rings. The number of aliphatic imine (C=N–C) groups is 1. The fourth-order valence-electron chi connectivity index (χ4n) is 2.69. The monoisotopic (exact) mass is 416 g/mol. The van der Waals surface area contributed by atoms with Gasteiger partial charge < -0.3 is 15.4 Å². The molecule has 0 aliphatic carbocycles. The van der Waals surface area contributed by atoms with Crippen molar-refractivity contribution in [2.45, 2.75) is 17.9 Å². The van der Waals surface area contributed by atoms with Gasteiger partial charge in [0.15, 0.2) is 0 Å². The van der Waals surface area contributed by atoms with Crippen LogP contribution in [0.3, 0.4) is 0 Å². The van der Waals surface area contributed by atoms with Crippen LogP contribution in [0.1, 0.15) is 12.5 Å². The number of rotatable bonds is 6. The first-order valence-corrected chi connectivity index (χ1v) is 10.2. The minimum Gasteiger partial charge on any atom is -0.375 e. The van der Waals surface area contributed by atoms with Crippen LogP contribution in [0.4, 0.5) is 11.4 Å². The van der Waals surface area contributed by atoms with E-state index in [1.807, 2.05) is 0 Å². The molecule has 9 nitrogen and oxygen atoms in total. The van der Waals surface area contributed by atoms with Gasteiger partial charge in [0.1, 0.15) is 18.5 Å². The number of amidine groups is 1. The van der Waals surface area contributed by atoms with Crippen LogP contribution in [0.15, 0.2) is 58.4 Å². The molecule has 2 aromatic carbocycles. The second kappa shape index (κ2) is 8.41. The second-order valence-electron chi connectivity index (χ2n) is 6.30. The number of methoxy groups -OCH3 is 1. The number of anilines is 2. The molecule has 3 rings (SSSR count). The summed E-state index contributed by atoms with van der Waals surface area (Å²) in [5.74, 6) is -0.551. The Morgan fingerprint density at radius 1 is 1.07 bits per heavy atom. The predicted octanol–water partition coefficient (Wildman–Crippen LogP) is 1.34. The van der Waals surface area contributed by atoms with Crippen LogP contribution in [0, 0.1) is 0 Å². The van der Waals surface area contributed by atoms with E-state index >= 15 is 0 Å². The Labute approximate surface area is 168 Å². The van der Waals surface area contributed by atoms with E-state index < -0.39 is 22.0 Å². The first kappa shape index (κ1) is 20.5. The smallest absolute Gasteiger partial charge is 0.263 e. The number of nitrogens with one attached hydrogen (secondary N) is 3. The molecular formula is C19H20N4O5S. The number of benzene rings is 2. The molecular weight excluding hydrogens is 396 g/mol. The molecule has 0 spiro atoms. The summed E-state index contributed by atoms with van der Waals surface area (Å²) in [6.07, 6.45) is 0. The third-order valence-electron chi connectivity index (χ3n) is 4.08. The predicted molar refractivity (Wildman–Crippen MR) is 108 cm³/mol. The van der Waals surface area contributed by atoms with Gasteiger partial charge in [0, 0.05) is 24.0 Å². The van der Waals surface area contributed by atoms with Crippen LogP contribution in [-0.4, -0.2) is 45.8 Å². The lowest BCUT2D eigenvalue weighted by Crippen LogP contribution is -2.28. The summed E-state index contributed by atoms with van der Waals surface area (Å²) in [5.41, 5.74) is 1.51. The lowest BCUT2D eigenvalue weighted by atomic mass is 10.2. The number of nitrogens with zero attached hydrogens (tertiary/aromatic N) is 1. The van der Waals surface area contributed by atoms with E-state index in [-0.39, 0.29) is 23.2 Å². The topological polar surface area (TPSA) is 126 Å². The average molecular weight is 416 g/mol. The minimum absolute atomic E-state index is 0.0524. The molecule has 0 aromatic heterocycles. The zero-order chi connectivity index (χ0) is 21.0. The van der Waals surface area contributed by atoms with Gasteiger partial charge in [0.05, 0.1) is 4.90 Å². The lowest BCUT2D eigenvalue weighted by molar-refractivity contribution is -0.119. The molecule has 0 radical (unpaired) electrons. The van der Waals surface area contributed by atoms with Gasteiger partial charge in [-0.2, -0.15) is 0 Å². The number of hydrogen-bond donors (Lipinski definition) is 3. The first-order valence-electron chi connectivity index (χ1n) is 8.70. The Balaban J connectivity index is 1.67. The Morgan fingerprint density at radius 3 is 2.34 bits per heavy atom. The van der Waals surface area contributed by atoms with Crippen LogP contribution in [0.5, 0.6) is 0 Å². The number of sulfonamides is 1. The maximum Gasteiger partial charge on any atom is 0.263 e. The maximum absolute atomic E-state index is 12.4. The van der Waals surface area contributed by atoms with Gasteiger partial charge in [-0.25, -0.2) is 8.42 Å². The molecule has 3 N–H and O–H groups in total. The highest BCUT2D eigenvalue weighted by Crippen LogP contribution is 2.22. The summed E-state index contributed by atoms with van der Waals surface area (Å²) in [5, 5.41) is 5.35. The standard InChI is InChI=1S/C19H20N4O5S/c1-12(20-18-15-5-3-4-6-16(15)29(26,27)23-18)19(25)22-14-9-7-13(8-10-14)21-17(24)11-28-2/h3-10,12H,11H2,1-2H3,(H,20,23)(H,21,24)(H,22,25)/t12-/m0/s1. The molecule has 10 heteroatoms. The van der Waals surface area contributed by atoms with Crippen LogP contribution >= 0.6 is 0 Å². The zero-order valence-corrected chi connectivity index (χ0v) is 16.6. The molecule has 29 heavy (non-hydrogen) atoms. The van der Waals surface area contributed by atoms with Crippen LogP contribution < -0.4 is 15.4 Å². The fourth-order valence-corrected chi connectivity index (χ4v) is 3.93. The molecule has 0 saturated heterocycles. The molecule has 152 valence electrons. The molecule has 1 aliphatic rings. The number of carbonyl (C=O) groups is 2. The van der Waals surface area contributed by atoms with Crippen molar-refractivity contribution in [3.05, 3.63) is 54.1 Å². The van der Waals surface area contributed by atoms with Crippen molar-refractivity contribution in [3.63, 3.8) is 0 Å². The summed E-state index contributed by atoms with van der Waals surface area (Å²) in [7, 11) is -2.23. The number of hydrogen-bond acceptors (Lipinski definition) is 6. The van der Waals surface area contributed by atoms with E-state index in [1.54, 1.807) is 49.4 Å². The van der Waals surface area contributed by atoms with Gasteiger partial charge in [-0.15, -0.1) is 0 Å². The zero-order valence-electron chi connectivity index (χ0n) is 15.8. The van der Waals surface area contributed by atoms with Gasteiger partial charge in [0.25, 0.3) is 10.0 Å². The van der Waals surface area contributed by atoms with E-state index in [4.69, 9.17) is 4.74 Å². The van der Waals surface area contributed by atoms with Gasteiger partial charge in [-0.1, -0.05) is 12.1 Å². The molecule has 0 saturated carbocycles. The Hall–Kier alpha value is -3.24. The average Bonchev–Trinajstić information content (AvgIpc) is 2.94. The van der Waals surface area contributed by atoms with Gasteiger partial charge >= 0.3 is 0 Å². The molecule has 0 fully saturated rings. The van der Waals surface area contributed by atoms with Gasteiger partial charge in [-0.3, -0.25) is 19.3 Å². The van der Waals surface area contributed by atoms with E-state index in [2.05, 4.69) is 20.3 Å². The largest absolute Gasteiger partial charge is 0.375 e. The summed E-state index contributed by atoms with van der Waals surface area (Å²) >= 11 is 0. The van der Waals surface area contributed by atoms with Crippen molar-refractivity contribution >= 4 is 39.0 Å². The first-order chi connectivity index (χ1) is 13.8. The Bertz CT molecular complexity index is 1060. The highest BCUT2D eigenvalue weighted by atomic mass is 32.2. The van der Waals surface area contributed by atoms with Crippen molar-refractivity contribution in [1.29, 1.82) is 0 Å². The summed E-state index contributed by atoms with van der Waals surface area (Å²) in [4.78, 5) is 28.3. The van der Waals surface area contributed by atoms with Crippen molar-refractivity contribution in [2.24, 2.45) is 4.99 Å². The molecule has 1 heterocycles. The number of fused-ring (bicyclic) bond motifs is 1. The summed E-state index contributed by atoms with van der Waals surface area (Å²) in [6, 6.07) is 12.2. The minimum atomic E-state index is -3.66. The number of amides is 2. The maximum atomic E-state index is 12.4. The Morgan fingerprint density at radius 2 is 1.69 bits per heavy atom. The van der Waals surface area contributed by atoms with E-state index in [0.29, 0.717) is 16.9 Å². The van der Waals surface area contributed by atoms with Crippen LogP contribution in [-0.2, 0) is 24.3 Å². The molecule has 1 atom stereocenters. The van der Waals surface area contributed by atoms with Crippen LogP contribution in [0.25, 0.3) is 0 Å². The van der Waals surface area contributed by atoms with Gasteiger partial charge in [0.2, 0.25) is 11.8 Å². The van der Waals surface area contributed by atoms with E-state index in [9.17, 15) is 18.0 Å². The summed E-state index contributed by atoms with van der Waals surface area (Å²) in [6.45, 7) is 1.51. The van der Waals surface area contributed by atoms with Crippen LogP contribution in [0.2, 0.25) is 0 Å². The summed E-state index contributed by atoms with van der Waals surface area (Å²) < 4.78 is 31.4. The van der Waals surface area contributed by atoms with Crippen molar-refractivity contribution in [1.82, 2.24) is 4.72 Å². The molecule has 0 bridgehead atoms. The third-order valence-corrected chi connectivity index (χ3v) is 5.47. The molecule has 1 aliphatic heterocycles.